The van der Waals surface area contributed by atoms with Crippen molar-refractivity contribution in [2.75, 3.05) is 5.75 Å². The lowest BCUT2D eigenvalue weighted by Gasteiger charge is -2.19. The fraction of sp³-hybridized carbons (Fsp3) is 0.467. The lowest BCUT2D eigenvalue weighted by molar-refractivity contribution is 0.200. The number of aliphatic hydroxyl groups is 1. The molecule has 2 rings (SSSR count). The van der Waals surface area contributed by atoms with Crippen molar-refractivity contribution in [3.8, 4) is 0 Å². The van der Waals surface area contributed by atoms with E-state index in [2.05, 4.69) is 50.4 Å². The predicted molar refractivity (Wildman–Crippen MR) is 83.7 cm³/mol. The molecule has 1 aromatic carbocycles. The van der Waals surface area contributed by atoms with E-state index in [4.69, 9.17) is 0 Å². The molecular weight excluding hydrogens is 260 g/mol. The first-order valence-corrected chi connectivity index (χ1v) is 8.09. The molecule has 0 fully saturated rings. The Balaban J connectivity index is 2.01. The summed E-state index contributed by atoms with van der Waals surface area (Å²) in [5.41, 5.74) is 1.28. The molecule has 0 aliphatic rings. The molecule has 2 aromatic rings. The molecule has 1 heterocycles. The zero-order chi connectivity index (χ0) is 13.2. The van der Waals surface area contributed by atoms with Crippen LogP contribution in [0.15, 0.2) is 29.6 Å². The third kappa shape index (κ3) is 3.74. The maximum Gasteiger partial charge on any atom is 0.0671 e. The van der Waals surface area contributed by atoms with Crippen molar-refractivity contribution in [1.82, 2.24) is 0 Å². The number of aliphatic hydroxyl groups excluding tert-OH is 1. The summed E-state index contributed by atoms with van der Waals surface area (Å²) in [6, 6.07) is 8.41. The van der Waals surface area contributed by atoms with Crippen LogP contribution in [0.25, 0.3) is 10.1 Å². The summed E-state index contributed by atoms with van der Waals surface area (Å²) in [6.45, 7) is 6.55. The number of hydrogen-bond donors (Lipinski definition) is 1. The zero-order valence-electron chi connectivity index (χ0n) is 11.1. The first-order valence-electron chi connectivity index (χ1n) is 6.23. The highest BCUT2D eigenvalue weighted by Crippen LogP contribution is 2.28. The molecule has 0 saturated heterocycles. The first-order chi connectivity index (χ1) is 8.46. The van der Waals surface area contributed by atoms with Gasteiger partial charge in [-0.05, 0) is 22.4 Å². The van der Waals surface area contributed by atoms with E-state index in [9.17, 15) is 5.11 Å². The Morgan fingerprint density at radius 1 is 1.28 bits per heavy atom. The minimum atomic E-state index is -0.257. The van der Waals surface area contributed by atoms with Gasteiger partial charge in [0, 0.05) is 21.6 Å². The average molecular weight is 280 g/mol. The molecule has 1 unspecified atom stereocenters. The van der Waals surface area contributed by atoms with Gasteiger partial charge in [-0.25, -0.2) is 0 Å². The van der Waals surface area contributed by atoms with Gasteiger partial charge >= 0.3 is 0 Å². The second kappa shape index (κ2) is 5.64. The van der Waals surface area contributed by atoms with Gasteiger partial charge in [-0.1, -0.05) is 39.0 Å². The number of hydrogen-bond acceptors (Lipinski definition) is 3. The van der Waals surface area contributed by atoms with Crippen LogP contribution in [0.2, 0.25) is 0 Å². The van der Waals surface area contributed by atoms with Crippen LogP contribution in [0.1, 0.15) is 26.3 Å². The van der Waals surface area contributed by atoms with Crippen LogP contribution in [-0.2, 0) is 6.42 Å². The van der Waals surface area contributed by atoms with E-state index in [-0.39, 0.29) is 10.9 Å². The highest BCUT2D eigenvalue weighted by Gasteiger charge is 2.15. The quantitative estimate of drug-likeness (QED) is 0.899. The molecule has 18 heavy (non-hydrogen) atoms. The molecule has 0 aliphatic heterocycles. The van der Waals surface area contributed by atoms with Crippen LogP contribution in [0, 0.1) is 0 Å². The van der Waals surface area contributed by atoms with E-state index >= 15 is 0 Å². The highest BCUT2D eigenvalue weighted by molar-refractivity contribution is 8.00. The van der Waals surface area contributed by atoms with Gasteiger partial charge in [0.2, 0.25) is 0 Å². The Kier molecular flexibility index (Phi) is 4.36. The van der Waals surface area contributed by atoms with Gasteiger partial charge in [0.05, 0.1) is 6.10 Å². The van der Waals surface area contributed by atoms with Gasteiger partial charge in [-0.3, -0.25) is 0 Å². The van der Waals surface area contributed by atoms with E-state index in [1.54, 1.807) is 11.3 Å². The van der Waals surface area contributed by atoms with Crippen molar-refractivity contribution in [3.63, 3.8) is 0 Å². The lowest BCUT2D eigenvalue weighted by Crippen LogP contribution is -2.18. The third-order valence-electron chi connectivity index (χ3n) is 2.73. The Bertz CT molecular complexity index is 510. The minimum Gasteiger partial charge on any atom is -0.392 e. The SMILES string of the molecule is CC(C)(C)SCC(O)Cc1csc2ccccc12. The van der Waals surface area contributed by atoms with Crippen LogP contribution < -0.4 is 0 Å². The molecule has 3 heteroatoms. The Morgan fingerprint density at radius 3 is 2.72 bits per heavy atom. The first kappa shape index (κ1) is 13.9. The normalized spacial score (nSPS) is 14.0. The molecule has 0 radical (unpaired) electrons. The average Bonchev–Trinajstić information content (AvgIpc) is 2.70. The molecule has 1 atom stereocenters. The summed E-state index contributed by atoms with van der Waals surface area (Å²) >= 11 is 3.58. The summed E-state index contributed by atoms with van der Waals surface area (Å²) in [4.78, 5) is 0. The van der Waals surface area contributed by atoms with E-state index in [1.807, 2.05) is 11.8 Å². The maximum absolute atomic E-state index is 10.1. The Labute approximate surface area is 117 Å². The minimum absolute atomic E-state index is 0.220. The Hall–Kier alpha value is -0.510. The molecule has 1 nitrogen and oxygen atoms in total. The number of benzene rings is 1. The predicted octanol–water partition coefficient (Wildman–Crippen LogP) is 4.34. The number of fused-ring (bicyclic) bond motifs is 1. The van der Waals surface area contributed by atoms with E-state index < -0.39 is 0 Å². The molecule has 0 spiro atoms. The van der Waals surface area contributed by atoms with Gasteiger partial charge in [-0.2, -0.15) is 11.8 Å². The van der Waals surface area contributed by atoms with Gasteiger partial charge in [0.15, 0.2) is 0 Å². The molecule has 1 aromatic heterocycles. The summed E-state index contributed by atoms with van der Waals surface area (Å²) in [6.07, 6.45) is 0.500. The van der Waals surface area contributed by atoms with E-state index in [0.717, 1.165) is 12.2 Å². The summed E-state index contributed by atoms with van der Waals surface area (Å²) in [7, 11) is 0. The number of thioether (sulfide) groups is 1. The highest BCUT2D eigenvalue weighted by atomic mass is 32.2. The second-order valence-electron chi connectivity index (χ2n) is 5.54. The van der Waals surface area contributed by atoms with Gasteiger partial charge < -0.3 is 5.11 Å². The third-order valence-corrected chi connectivity index (χ3v) is 5.16. The van der Waals surface area contributed by atoms with Crippen LogP contribution in [0.4, 0.5) is 0 Å². The van der Waals surface area contributed by atoms with Crippen LogP contribution in [0.5, 0.6) is 0 Å². The van der Waals surface area contributed by atoms with Crippen LogP contribution >= 0.6 is 23.1 Å². The largest absolute Gasteiger partial charge is 0.392 e. The summed E-state index contributed by atoms with van der Waals surface area (Å²) in [5.74, 6) is 0.799. The van der Waals surface area contributed by atoms with Crippen LogP contribution in [-0.4, -0.2) is 21.7 Å². The summed E-state index contributed by atoms with van der Waals surface area (Å²) < 4.78 is 1.53. The van der Waals surface area contributed by atoms with E-state index in [1.165, 1.54) is 15.6 Å². The van der Waals surface area contributed by atoms with Crippen molar-refractivity contribution < 1.29 is 5.11 Å². The second-order valence-corrected chi connectivity index (χ2v) is 8.30. The topological polar surface area (TPSA) is 20.2 Å². The molecule has 0 bridgehead atoms. The van der Waals surface area contributed by atoms with Gasteiger partial charge in [0.1, 0.15) is 0 Å². The lowest BCUT2D eigenvalue weighted by atomic mass is 10.1. The van der Waals surface area contributed by atoms with Crippen molar-refractivity contribution in [1.29, 1.82) is 0 Å². The smallest absolute Gasteiger partial charge is 0.0671 e. The fourth-order valence-corrected chi connectivity index (χ4v) is 3.64. The number of rotatable bonds is 4. The Morgan fingerprint density at radius 2 is 2.00 bits per heavy atom. The van der Waals surface area contributed by atoms with Crippen LogP contribution in [0.3, 0.4) is 0 Å². The van der Waals surface area contributed by atoms with Gasteiger partial charge in [-0.15, -0.1) is 11.3 Å². The molecule has 0 amide bonds. The maximum atomic E-state index is 10.1. The number of thiophene rings is 1. The van der Waals surface area contributed by atoms with Crippen molar-refractivity contribution >= 4 is 33.2 Å². The monoisotopic (exact) mass is 280 g/mol. The standard InChI is InChI=1S/C15H20OS2/c1-15(2,3)18-10-12(16)8-11-9-17-14-7-5-4-6-13(11)14/h4-7,9,12,16H,8,10H2,1-3H3. The molecule has 0 aliphatic carbocycles. The van der Waals surface area contributed by atoms with Crippen molar-refractivity contribution in [3.05, 3.63) is 35.2 Å². The molecule has 0 saturated carbocycles. The summed E-state index contributed by atoms with van der Waals surface area (Å²) in [5, 5.41) is 13.6. The van der Waals surface area contributed by atoms with Crippen molar-refractivity contribution in [2.24, 2.45) is 0 Å². The molecule has 98 valence electrons. The van der Waals surface area contributed by atoms with Gasteiger partial charge in [0.25, 0.3) is 0 Å². The zero-order valence-corrected chi connectivity index (χ0v) is 12.8. The molecule has 1 N–H and O–H groups in total. The fourth-order valence-electron chi connectivity index (χ4n) is 1.85. The molecular formula is C15H20OS2. The van der Waals surface area contributed by atoms with E-state index in [0.29, 0.717) is 0 Å². The van der Waals surface area contributed by atoms with Crippen molar-refractivity contribution in [2.45, 2.75) is 38.0 Å².